The van der Waals surface area contributed by atoms with Crippen LogP contribution in [0.4, 0.5) is 0 Å². The van der Waals surface area contributed by atoms with Crippen LogP contribution in [0.15, 0.2) is 42.8 Å². The molecule has 18 heavy (non-hydrogen) atoms. The van der Waals surface area contributed by atoms with Gasteiger partial charge in [-0.2, -0.15) is 0 Å². The lowest BCUT2D eigenvalue weighted by molar-refractivity contribution is -0.120. The summed E-state index contributed by atoms with van der Waals surface area (Å²) in [5.74, 6) is 0.326. The minimum absolute atomic E-state index is 0.0746. The van der Waals surface area contributed by atoms with Crippen molar-refractivity contribution >= 4 is 5.91 Å². The molecule has 1 aromatic carbocycles. The van der Waals surface area contributed by atoms with E-state index in [0.717, 1.165) is 5.56 Å². The summed E-state index contributed by atoms with van der Waals surface area (Å²) in [7, 11) is 0. The monoisotopic (exact) mass is 248 g/mol. The van der Waals surface area contributed by atoms with Gasteiger partial charge in [0.05, 0.1) is 6.54 Å². The molecule has 0 aromatic heterocycles. The van der Waals surface area contributed by atoms with Crippen molar-refractivity contribution in [2.45, 2.75) is 26.5 Å². The van der Waals surface area contributed by atoms with Crippen molar-refractivity contribution < 1.29 is 9.53 Å². The molecule has 0 heterocycles. The topological polar surface area (TPSA) is 50.4 Å². The molecule has 2 N–H and O–H groups in total. The van der Waals surface area contributed by atoms with E-state index in [2.05, 4.69) is 17.2 Å². The van der Waals surface area contributed by atoms with Crippen molar-refractivity contribution in [1.82, 2.24) is 10.6 Å². The van der Waals surface area contributed by atoms with Gasteiger partial charge >= 0.3 is 0 Å². The molecule has 0 unspecified atom stereocenters. The number of benzene rings is 1. The smallest absolute Gasteiger partial charge is 0.239 e. The predicted octanol–water partition coefficient (Wildman–Crippen LogP) is 1.79. The fraction of sp³-hybridized carbons (Fsp3) is 0.357. The van der Waals surface area contributed by atoms with E-state index in [9.17, 15) is 4.79 Å². The number of nitrogens with one attached hydrogen (secondary N) is 2. The summed E-state index contributed by atoms with van der Waals surface area (Å²) in [5, 5.41) is 5.60. The van der Waals surface area contributed by atoms with E-state index in [-0.39, 0.29) is 18.5 Å². The molecular weight excluding hydrogens is 228 g/mol. The van der Waals surface area contributed by atoms with Crippen molar-refractivity contribution in [3.8, 4) is 0 Å². The molecule has 0 bridgehead atoms. The number of amides is 1. The van der Waals surface area contributed by atoms with Crippen molar-refractivity contribution in [1.29, 1.82) is 0 Å². The Morgan fingerprint density at radius 2 is 2.00 bits per heavy atom. The molecule has 0 aliphatic heterocycles. The van der Waals surface area contributed by atoms with Crippen LogP contribution in [0.1, 0.15) is 19.4 Å². The van der Waals surface area contributed by atoms with Gasteiger partial charge in [-0.1, -0.05) is 30.3 Å². The summed E-state index contributed by atoms with van der Waals surface area (Å²) in [6.07, 6.45) is 0. The lowest BCUT2D eigenvalue weighted by Gasteiger charge is -2.12. The third-order valence-electron chi connectivity index (χ3n) is 2.15. The van der Waals surface area contributed by atoms with Crippen molar-refractivity contribution in [3.63, 3.8) is 0 Å². The maximum absolute atomic E-state index is 11.4. The Morgan fingerprint density at radius 1 is 1.33 bits per heavy atom. The largest absolute Gasteiger partial charge is 0.475 e. The number of hydrogen-bond donors (Lipinski definition) is 2. The van der Waals surface area contributed by atoms with Gasteiger partial charge in [0.1, 0.15) is 6.61 Å². The first-order valence-electron chi connectivity index (χ1n) is 5.97. The molecule has 1 aromatic rings. The Balaban J connectivity index is 2.20. The van der Waals surface area contributed by atoms with Gasteiger partial charge in [0.2, 0.25) is 5.91 Å². The fourth-order valence-electron chi connectivity index (χ4n) is 1.35. The maximum atomic E-state index is 11.4. The molecule has 0 fully saturated rings. The van der Waals surface area contributed by atoms with E-state index in [1.54, 1.807) is 0 Å². The Morgan fingerprint density at radius 3 is 2.61 bits per heavy atom. The Kier molecular flexibility index (Phi) is 5.77. The lowest BCUT2D eigenvalue weighted by atomic mass is 10.2. The second-order valence-corrected chi connectivity index (χ2v) is 4.27. The molecule has 1 amide bonds. The zero-order chi connectivity index (χ0) is 13.4. The van der Waals surface area contributed by atoms with E-state index < -0.39 is 0 Å². The number of carbonyl (C=O) groups excluding carboxylic acids is 1. The SMILES string of the molecule is C=C(NCC(=O)NC(C)C)OCc1ccccc1. The highest BCUT2D eigenvalue weighted by Crippen LogP contribution is 2.02. The molecule has 0 saturated heterocycles. The molecular formula is C14H20N2O2. The van der Waals surface area contributed by atoms with E-state index in [1.807, 2.05) is 44.2 Å². The molecule has 1 rings (SSSR count). The van der Waals surface area contributed by atoms with Gasteiger partial charge in [-0.15, -0.1) is 0 Å². The van der Waals surface area contributed by atoms with Gasteiger partial charge in [0, 0.05) is 6.04 Å². The standard InChI is InChI=1S/C14H20N2O2/c1-11(2)16-14(17)9-15-12(3)18-10-13-7-5-4-6-8-13/h4-8,11,15H,3,9-10H2,1-2H3,(H,16,17). The van der Waals surface area contributed by atoms with Crippen LogP contribution < -0.4 is 10.6 Å². The number of carbonyl (C=O) groups is 1. The van der Waals surface area contributed by atoms with Crippen LogP contribution in [0.2, 0.25) is 0 Å². The molecule has 4 heteroatoms. The van der Waals surface area contributed by atoms with E-state index in [0.29, 0.717) is 12.5 Å². The predicted molar refractivity (Wildman–Crippen MR) is 71.7 cm³/mol. The second-order valence-electron chi connectivity index (χ2n) is 4.27. The van der Waals surface area contributed by atoms with Gasteiger partial charge in [-0.05, 0) is 26.0 Å². The molecule has 98 valence electrons. The Labute approximate surface area is 108 Å². The highest BCUT2D eigenvalue weighted by Gasteiger charge is 2.03. The van der Waals surface area contributed by atoms with Gasteiger partial charge in [0.15, 0.2) is 5.88 Å². The van der Waals surface area contributed by atoms with E-state index in [4.69, 9.17) is 4.74 Å². The second kappa shape index (κ2) is 7.37. The quantitative estimate of drug-likeness (QED) is 0.723. The number of hydrogen-bond acceptors (Lipinski definition) is 3. The Hall–Kier alpha value is -1.97. The van der Waals surface area contributed by atoms with E-state index in [1.165, 1.54) is 0 Å². The highest BCUT2D eigenvalue weighted by molar-refractivity contribution is 5.78. The van der Waals surface area contributed by atoms with Crippen molar-refractivity contribution in [3.05, 3.63) is 48.4 Å². The third kappa shape index (κ3) is 5.94. The summed E-state index contributed by atoms with van der Waals surface area (Å²) in [4.78, 5) is 11.4. The van der Waals surface area contributed by atoms with Crippen LogP contribution in [0.3, 0.4) is 0 Å². The first-order valence-corrected chi connectivity index (χ1v) is 5.97. The highest BCUT2D eigenvalue weighted by atomic mass is 16.5. The average Bonchev–Trinajstić information content (AvgIpc) is 2.34. The normalized spacial score (nSPS) is 9.94. The van der Waals surface area contributed by atoms with Crippen molar-refractivity contribution in [2.24, 2.45) is 0 Å². The minimum atomic E-state index is -0.0746. The molecule has 0 aliphatic carbocycles. The van der Waals surface area contributed by atoms with Crippen LogP contribution in [-0.4, -0.2) is 18.5 Å². The van der Waals surface area contributed by atoms with Crippen LogP contribution in [0, 0.1) is 0 Å². The van der Waals surface area contributed by atoms with Crippen LogP contribution in [0.5, 0.6) is 0 Å². The summed E-state index contributed by atoms with van der Waals surface area (Å²) in [6.45, 7) is 8.15. The zero-order valence-corrected chi connectivity index (χ0v) is 10.9. The van der Waals surface area contributed by atoms with E-state index >= 15 is 0 Å². The number of ether oxygens (including phenoxy) is 1. The summed E-state index contributed by atoms with van der Waals surface area (Å²) in [6, 6.07) is 9.93. The van der Waals surface area contributed by atoms with Crippen LogP contribution >= 0.6 is 0 Å². The van der Waals surface area contributed by atoms with Crippen LogP contribution in [-0.2, 0) is 16.1 Å². The minimum Gasteiger partial charge on any atom is -0.475 e. The van der Waals surface area contributed by atoms with Gasteiger partial charge < -0.3 is 15.4 Å². The maximum Gasteiger partial charge on any atom is 0.239 e. The molecule has 0 atom stereocenters. The average molecular weight is 248 g/mol. The molecule has 0 spiro atoms. The zero-order valence-electron chi connectivity index (χ0n) is 10.9. The van der Waals surface area contributed by atoms with Gasteiger partial charge in [-0.3, -0.25) is 4.79 Å². The van der Waals surface area contributed by atoms with Gasteiger partial charge in [0.25, 0.3) is 0 Å². The lowest BCUT2D eigenvalue weighted by Crippen LogP contribution is -2.37. The summed E-state index contributed by atoms with van der Waals surface area (Å²) in [5.41, 5.74) is 1.06. The first-order chi connectivity index (χ1) is 8.58. The van der Waals surface area contributed by atoms with Gasteiger partial charge in [-0.25, -0.2) is 0 Å². The first kappa shape index (κ1) is 14.1. The molecule has 0 radical (unpaired) electrons. The molecule has 0 saturated carbocycles. The van der Waals surface area contributed by atoms with Crippen LogP contribution in [0.25, 0.3) is 0 Å². The Bertz CT molecular complexity index is 388. The molecule has 4 nitrogen and oxygen atoms in total. The summed E-state index contributed by atoms with van der Waals surface area (Å²) >= 11 is 0. The third-order valence-corrected chi connectivity index (χ3v) is 2.15. The van der Waals surface area contributed by atoms with Crippen molar-refractivity contribution in [2.75, 3.05) is 6.54 Å². The molecule has 0 aliphatic rings. The summed E-state index contributed by atoms with van der Waals surface area (Å²) < 4.78 is 5.40. The fourth-order valence-corrected chi connectivity index (χ4v) is 1.35. The number of rotatable bonds is 7.